The molecule has 78 valence electrons. The first-order valence-electron chi connectivity index (χ1n) is 4.46. The summed E-state index contributed by atoms with van der Waals surface area (Å²) in [6, 6.07) is 3.63. The molecule has 4 heteroatoms. The zero-order chi connectivity index (χ0) is 10.6. The fourth-order valence-electron chi connectivity index (χ4n) is 1.13. The van der Waals surface area contributed by atoms with Crippen LogP contribution in [-0.2, 0) is 6.42 Å². The van der Waals surface area contributed by atoms with E-state index in [1.165, 1.54) is 12.1 Å². The summed E-state index contributed by atoms with van der Waals surface area (Å²) in [5.74, 6) is -1.03. The van der Waals surface area contributed by atoms with Crippen LogP contribution in [-0.4, -0.2) is 25.2 Å². The molecule has 0 heterocycles. The van der Waals surface area contributed by atoms with Crippen LogP contribution in [0.4, 0.5) is 8.78 Å². The molecule has 0 radical (unpaired) electrons. The lowest BCUT2D eigenvalue weighted by Crippen LogP contribution is -2.27. The highest BCUT2D eigenvalue weighted by atomic mass is 19.1. The predicted molar refractivity (Wildman–Crippen MR) is 51.7 cm³/mol. The van der Waals surface area contributed by atoms with Gasteiger partial charge in [-0.3, -0.25) is 4.90 Å². The van der Waals surface area contributed by atoms with Crippen LogP contribution in [0.15, 0.2) is 18.2 Å². The maximum absolute atomic E-state index is 13.1. The number of rotatable bonds is 4. The highest BCUT2D eigenvalue weighted by Gasteiger charge is 2.04. The van der Waals surface area contributed by atoms with Crippen molar-refractivity contribution in [2.75, 3.05) is 20.3 Å². The SMILES string of the molecule is CN(CN)CCc1ccc(F)cc1F. The van der Waals surface area contributed by atoms with Gasteiger partial charge in [0.2, 0.25) is 0 Å². The third-order valence-corrected chi connectivity index (χ3v) is 2.09. The second-order valence-corrected chi connectivity index (χ2v) is 3.25. The number of hydrogen-bond acceptors (Lipinski definition) is 2. The lowest BCUT2D eigenvalue weighted by atomic mass is 10.1. The highest BCUT2D eigenvalue weighted by Crippen LogP contribution is 2.10. The molecule has 0 aliphatic carbocycles. The van der Waals surface area contributed by atoms with Crippen LogP contribution < -0.4 is 5.73 Å². The largest absolute Gasteiger partial charge is 0.318 e. The van der Waals surface area contributed by atoms with E-state index in [0.29, 0.717) is 25.2 Å². The molecule has 1 rings (SSSR count). The van der Waals surface area contributed by atoms with Gasteiger partial charge in [-0.15, -0.1) is 0 Å². The molecule has 0 fully saturated rings. The Morgan fingerprint density at radius 2 is 2.07 bits per heavy atom. The molecule has 0 saturated carbocycles. The van der Waals surface area contributed by atoms with Crippen LogP contribution >= 0.6 is 0 Å². The molecular formula is C10H14F2N2. The van der Waals surface area contributed by atoms with Gasteiger partial charge in [0.1, 0.15) is 11.6 Å². The first-order valence-corrected chi connectivity index (χ1v) is 4.46. The fraction of sp³-hybridized carbons (Fsp3) is 0.400. The molecule has 0 amide bonds. The molecule has 1 aromatic carbocycles. The minimum absolute atomic E-state index is 0.433. The van der Waals surface area contributed by atoms with Gasteiger partial charge in [-0.05, 0) is 25.1 Å². The van der Waals surface area contributed by atoms with Gasteiger partial charge in [0.25, 0.3) is 0 Å². The number of nitrogens with zero attached hydrogens (tertiary/aromatic N) is 1. The maximum atomic E-state index is 13.1. The van der Waals surface area contributed by atoms with Gasteiger partial charge in [-0.25, -0.2) is 8.78 Å². The number of hydrogen-bond donors (Lipinski definition) is 1. The Bertz CT molecular complexity index is 302. The summed E-state index contributed by atoms with van der Waals surface area (Å²) < 4.78 is 25.7. The van der Waals surface area contributed by atoms with Crippen molar-refractivity contribution in [2.24, 2.45) is 5.73 Å². The summed E-state index contributed by atoms with van der Waals surface area (Å²) in [4.78, 5) is 1.86. The zero-order valence-corrected chi connectivity index (χ0v) is 8.13. The molecule has 0 saturated heterocycles. The van der Waals surface area contributed by atoms with Gasteiger partial charge in [0.15, 0.2) is 0 Å². The molecule has 0 unspecified atom stereocenters. The predicted octanol–water partition coefficient (Wildman–Crippen LogP) is 1.36. The molecule has 0 aliphatic rings. The van der Waals surface area contributed by atoms with Crippen LogP contribution in [0.25, 0.3) is 0 Å². The molecule has 0 spiro atoms. The van der Waals surface area contributed by atoms with E-state index in [9.17, 15) is 8.78 Å². The second-order valence-electron chi connectivity index (χ2n) is 3.25. The zero-order valence-electron chi connectivity index (χ0n) is 8.13. The molecule has 2 nitrogen and oxygen atoms in total. The normalized spacial score (nSPS) is 10.9. The highest BCUT2D eigenvalue weighted by molar-refractivity contribution is 5.18. The van der Waals surface area contributed by atoms with Crippen molar-refractivity contribution in [2.45, 2.75) is 6.42 Å². The Morgan fingerprint density at radius 3 is 2.64 bits per heavy atom. The topological polar surface area (TPSA) is 29.3 Å². The van der Waals surface area contributed by atoms with Gasteiger partial charge in [-0.2, -0.15) is 0 Å². The second kappa shape index (κ2) is 5.02. The van der Waals surface area contributed by atoms with Crippen LogP contribution in [0.2, 0.25) is 0 Å². The van der Waals surface area contributed by atoms with Crippen LogP contribution in [0, 0.1) is 11.6 Å². The average molecular weight is 200 g/mol. The molecule has 0 aliphatic heterocycles. The van der Waals surface area contributed by atoms with Gasteiger partial charge in [-0.1, -0.05) is 6.07 Å². The molecule has 2 N–H and O–H groups in total. The van der Waals surface area contributed by atoms with E-state index in [2.05, 4.69) is 0 Å². The Kier molecular flexibility index (Phi) is 3.98. The van der Waals surface area contributed by atoms with Crippen molar-refractivity contribution < 1.29 is 8.78 Å². The van der Waals surface area contributed by atoms with E-state index >= 15 is 0 Å². The number of likely N-dealkylation sites (N-methyl/N-ethyl adjacent to an activating group) is 1. The number of nitrogens with two attached hydrogens (primary N) is 1. The quantitative estimate of drug-likeness (QED) is 0.743. The minimum atomic E-state index is -0.543. The van der Waals surface area contributed by atoms with Crippen molar-refractivity contribution in [3.05, 3.63) is 35.4 Å². The summed E-state index contributed by atoms with van der Waals surface area (Å²) >= 11 is 0. The van der Waals surface area contributed by atoms with E-state index in [-0.39, 0.29) is 0 Å². The first-order chi connectivity index (χ1) is 6.63. The van der Waals surface area contributed by atoms with E-state index in [1.807, 2.05) is 11.9 Å². The van der Waals surface area contributed by atoms with E-state index in [1.54, 1.807) is 0 Å². The first kappa shape index (κ1) is 11.1. The lowest BCUT2D eigenvalue weighted by Gasteiger charge is -2.13. The lowest BCUT2D eigenvalue weighted by molar-refractivity contribution is 0.347. The van der Waals surface area contributed by atoms with Gasteiger partial charge in [0, 0.05) is 19.3 Å². The Morgan fingerprint density at radius 1 is 1.36 bits per heavy atom. The third-order valence-electron chi connectivity index (χ3n) is 2.09. The molecule has 14 heavy (non-hydrogen) atoms. The Labute approximate surface area is 82.3 Å². The van der Waals surface area contributed by atoms with Crippen molar-refractivity contribution in [1.29, 1.82) is 0 Å². The number of benzene rings is 1. The maximum Gasteiger partial charge on any atom is 0.129 e. The fourth-order valence-corrected chi connectivity index (χ4v) is 1.13. The average Bonchev–Trinajstić information content (AvgIpc) is 2.16. The monoisotopic (exact) mass is 200 g/mol. The van der Waals surface area contributed by atoms with E-state index in [0.717, 1.165) is 6.07 Å². The van der Waals surface area contributed by atoms with Crippen molar-refractivity contribution in [3.8, 4) is 0 Å². The van der Waals surface area contributed by atoms with Crippen molar-refractivity contribution >= 4 is 0 Å². The summed E-state index contributed by atoms with van der Waals surface area (Å²) in [5, 5.41) is 0. The molecular weight excluding hydrogens is 186 g/mol. The standard InChI is InChI=1S/C10H14F2N2/c1-14(7-13)5-4-8-2-3-9(11)6-10(8)12/h2-3,6H,4-5,7,13H2,1H3. The van der Waals surface area contributed by atoms with E-state index < -0.39 is 11.6 Å². The van der Waals surface area contributed by atoms with Crippen LogP contribution in [0.5, 0.6) is 0 Å². The van der Waals surface area contributed by atoms with E-state index in [4.69, 9.17) is 5.73 Å². The van der Waals surface area contributed by atoms with Gasteiger partial charge in [0.05, 0.1) is 0 Å². The summed E-state index contributed by atoms with van der Waals surface area (Å²) in [7, 11) is 1.85. The van der Waals surface area contributed by atoms with Gasteiger partial charge >= 0.3 is 0 Å². The van der Waals surface area contributed by atoms with Gasteiger partial charge < -0.3 is 5.73 Å². The number of halogens is 2. The molecule has 0 aromatic heterocycles. The van der Waals surface area contributed by atoms with Crippen LogP contribution in [0.1, 0.15) is 5.56 Å². The Hall–Kier alpha value is -1.00. The minimum Gasteiger partial charge on any atom is -0.318 e. The summed E-state index contributed by atoms with van der Waals surface area (Å²) in [6.45, 7) is 1.10. The smallest absolute Gasteiger partial charge is 0.129 e. The van der Waals surface area contributed by atoms with Crippen molar-refractivity contribution in [3.63, 3.8) is 0 Å². The summed E-state index contributed by atoms with van der Waals surface area (Å²) in [5.41, 5.74) is 5.89. The Balaban J connectivity index is 2.59. The summed E-state index contributed by atoms with van der Waals surface area (Å²) in [6.07, 6.45) is 0.541. The van der Waals surface area contributed by atoms with Crippen LogP contribution in [0.3, 0.4) is 0 Å². The third kappa shape index (κ3) is 3.05. The molecule has 0 atom stereocenters. The molecule has 0 bridgehead atoms. The van der Waals surface area contributed by atoms with Crippen molar-refractivity contribution in [1.82, 2.24) is 4.90 Å². The molecule has 1 aromatic rings.